The second-order valence-corrected chi connectivity index (χ2v) is 6.11. The van der Waals surface area contributed by atoms with Gasteiger partial charge < -0.3 is 20.5 Å². The molecule has 2 aromatic rings. The molecule has 0 saturated carbocycles. The van der Waals surface area contributed by atoms with E-state index in [4.69, 9.17) is 4.74 Å². The number of alkyl halides is 3. The molecular weight excluding hydrogens is 496 g/mol. The number of phenols is 1. The SMILES string of the molecule is CCNC(=NCc1cc(OC)ccc1O)NCc1nc(C(F)(F)F)cs1.I. The summed E-state index contributed by atoms with van der Waals surface area (Å²) in [5.74, 6) is 1.08. The van der Waals surface area contributed by atoms with Crippen molar-refractivity contribution >= 4 is 41.3 Å². The number of thiazole rings is 1. The van der Waals surface area contributed by atoms with Crippen molar-refractivity contribution < 1.29 is 23.0 Å². The van der Waals surface area contributed by atoms with E-state index in [9.17, 15) is 18.3 Å². The molecule has 0 atom stereocenters. The minimum atomic E-state index is -4.45. The van der Waals surface area contributed by atoms with Crippen LogP contribution in [0.2, 0.25) is 0 Å². The van der Waals surface area contributed by atoms with E-state index in [0.29, 0.717) is 28.8 Å². The summed E-state index contributed by atoms with van der Waals surface area (Å²) in [6.07, 6.45) is -4.45. The molecule has 0 aliphatic heterocycles. The zero-order chi connectivity index (χ0) is 19.2. The van der Waals surface area contributed by atoms with E-state index in [0.717, 1.165) is 16.7 Å². The van der Waals surface area contributed by atoms with Crippen molar-refractivity contribution in [2.24, 2.45) is 4.99 Å². The minimum absolute atomic E-state index is 0. The molecule has 0 aliphatic carbocycles. The van der Waals surface area contributed by atoms with Gasteiger partial charge >= 0.3 is 6.18 Å². The molecule has 27 heavy (non-hydrogen) atoms. The van der Waals surface area contributed by atoms with Crippen molar-refractivity contribution in [2.45, 2.75) is 26.2 Å². The first-order valence-electron chi connectivity index (χ1n) is 7.73. The fourth-order valence-corrected chi connectivity index (χ4v) is 2.74. The predicted molar refractivity (Wildman–Crippen MR) is 109 cm³/mol. The van der Waals surface area contributed by atoms with Crippen LogP contribution in [0.3, 0.4) is 0 Å². The van der Waals surface area contributed by atoms with Gasteiger partial charge in [-0.2, -0.15) is 13.2 Å². The Balaban J connectivity index is 0.00000364. The number of nitrogens with one attached hydrogen (secondary N) is 2. The quantitative estimate of drug-likeness (QED) is 0.310. The molecule has 6 nitrogen and oxygen atoms in total. The van der Waals surface area contributed by atoms with Crippen LogP contribution >= 0.6 is 35.3 Å². The molecule has 0 saturated heterocycles. The van der Waals surface area contributed by atoms with Crippen LogP contribution < -0.4 is 15.4 Å². The second kappa shape index (κ2) is 10.5. The van der Waals surface area contributed by atoms with Crippen LogP contribution in [-0.2, 0) is 19.3 Å². The van der Waals surface area contributed by atoms with Gasteiger partial charge in [-0.05, 0) is 25.1 Å². The number of phenolic OH excluding ortho intramolecular Hbond substituents is 1. The average Bonchev–Trinajstić information content (AvgIpc) is 3.08. The number of aliphatic imine (C=N–C) groups is 1. The molecule has 150 valence electrons. The minimum Gasteiger partial charge on any atom is -0.508 e. The molecule has 1 aromatic heterocycles. The number of hydrogen-bond acceptors (Lipinski definition) is 5. The van der Waals surface area contributed by atoms with Gasteiger partial charge in [0.2, 0.25) is 0 Å². The van der Waals surface area contributed by atoms with Crippen LogP contribution in [0.25, 0.3) is 0 Å². The van der Waals surface area contributed by atoms with Crippen LogP contribution in [0.4, 0.5) is 13.2 Å². The summed E-state index contributed by atoms with van der Waals surface area (Å²) in [6, 6.07) is 4.81. The number of nitrogens with zero attached hydrogens (tertiary/aromatic N) is 2. The molecule has 0 bridgehead atoms. The zero-order valence-electron chi connectivity index (χ0n) is 14.6. The van der Waals surface area contributed by atoms with Crippen molar-refractivity contribution in [3.05, 3.63) is 39.8 Å². The van der Waals surface area contributed by atoms with Crippen molar-refractivity contribution in [1.29, 1.82) is 0 Å². The Kier molecular flexibility index (Phi) is 9.09. The van der Waals surface area contributed by atoms with Gasteiger partial charge in [0, 0.05) is 17.5 Å². The third kappa shape index (κ3) is 7.05. The van der Waals surface area contributed by atoms with Crippen molar-refractivity contribution in [3.63, 3.8) is 0 Å². The third-order valence-electron chi connectivity index (χ3n) is 3.29. The number of rotatable bonds is 6. The maximum atomic E-state index is 12.6. The van der Waals surface area contributed by atoms with Gasteiger partial charge in [0.05, 0.1) is 20.2 Å². The lowest BCUT2D eigenvalue weighted by Crippen LogP contribution is -2.36. The third-order valence-corrected chi connectivity index (χ3v) is 4.14. The standard InChI is InChI=1S/C16H19F3N4O2S.HI/c1-3-20-15(21-7-10-6-11(25-2)4-5-12(10)24)22-8-14-23-13(9-26-14)16(17,18)19;/h4-6,9,24H,3,7-8H2,1-2H3,(H2,20,21,22);1H. The molecule has 0 aliphatic rings. The number of methoxy groups -OCH3 is 1. The Morgan fingerprint density at radius 3 is 2.67 bits per heavy atom. The zero-order valence-corrected chi connectivity index (χ0v) is 17.8. The highest BCUT2D eigenvalue weighted by molar-refractivity contribution is 14.0. The Morgan fingerprint density at radius 1 is 1.33 bits per heavy atom. The molecule has 0 spiro atoms. The van der Waals surface area contributed by atoms with Crippen molar-refractivity contribution in [1.82, 2.24) is 15.6 Å². The van der Waals surface area contributed by atoms with Gasteiger partial charge in [-0.1, -0.05) is 0 Å². The molecule has 0 unspecified atom stereocenters. The van der Waals surface area contributed by atoms with E-state index in [1.165, 1.54) is 13.2 Å². The number of halogens is 4. The average molecular weight is 516 g/mol. The monoisotopic (exact) mass is 516 g/mol. The number of aromatic nitrogens is 1. The molecular formula is C16H20F3IN4O2S. The van der Waals surface area contributed by atoms with E-state index in [2.05, 4.69) is 20.6 Å². The van der Waals surface area contributed by atoms with Gasteiger partial charge in [-0.15, -0.1) is 35.3 Å². The van der Waals surface area contributed by atoms with Crippen molar-refractivity contribution in [3.8, 4) is 11.5 Å². The normalized spacial score (nSPS) is 11.7. The summed E-state index contributed by atoms with van der Waals surface area (Å²) < 4.78 is 42.9. The molecule has 0 amide bonds. The topological polar surface area (TPSA) is 78.8 Å². The smallest absolute Gasteiger partial charge is 0.434 e. The van der Waals surface area contributed by atoms with Gasteiger partial charge in [0.15, 0.2) is 11.7 Å². The fraction of sp³-hybridized carbons (Fsp3) is 0.375. The molecule has 0 fully saturated rings. The highest BCUT2D eigenvalue weighted by Crippen LogP contribution is 2.30. The predicted octanol–water partition coefficient (Wildman–Crippen LogP) is 3.75. The van der Waals surface area contributed by atoms with Gasteiger partial charge in [-0.25, -0.2) is 9.98 Å². The van der Waals surface area contributed by atoms with E-state index in [1.54, 1.807) is 12.1 Å². The molecule has 11 heteroatoms. The van der Waals surface area contributed by atoms with E-state index < -0.39 is 11.9 Å². The number of benzene rings is 1. The summed E-state index contributed by atoms with van der Waals surface area (Å²) in [5, 5.41) is 17.1. The summed E-state index contributed by atoms with van der Waals surface area (Å²) in [5.41, 5.74) is -0.335. The highest BCUT2D eigenvalue weighted by atomic mass is 127. The van der Waals surface area contributed by atoms with E-state index in [-0.39, 0.29) is 42.8 Å². The van der Waals surface area contributed by atoms with Gasteiger partial charge in [0.1, 0.15) is 16.5 Å². The largest absolute Gasteiger partial charge is 0.508 e. The summed E-state index contributed by atoms with van der Waals surface area (Å²) >= 11 is 0.925. The fourth-order valence-electron chi connectivity index (χ4n) is 2.00. The van der Waals surface area contributed by atoms with Crippen LogP contribution in [0.1, 0.15) is 23.2 Å². The molecule has 1 heterocycles. The molecule has 0 radical (unpaired) electrons. The molecule has 1 aromatic carbocycles. The van der Waals surface area contributed by atoms with Gasteiger partial charge in [0.25, 0.3) is 0 Å². The number of aromatic hydroxyl groups is 1. The van der Waals surface area contributed by atoms with Crippen LogP contribution in [-0.4, -0.2) is 29.7 Å². The van der Waals surface area contributed by atoms with Crippen LogP contribution in [0.5, 0.6) is 11.5 Å². The summed E-state index contributed by atoms with van der Waals surface area (Å²) in [4.78, 5) is 7.88. The molecule has 3 N–H and O–H groups in total. The Morgan fingerprint density at radius 2 is 2.07 bits per heavy atom. The first-order chi connectivity index (χ1) is 12.3. The lowest BCUT2D eigenvalue weighted by Gasteiger charge is -2.11. The van der Waals surface area contributed by atoms with Crippen LogP contribution in [0.15, 0.2) is 28.6 Å². The molecule has 2 rings (SSSR count). The number of hydrogen-bond donors (Lipinski definition) is 3. The van der Waals surface area contributed by atoms with E-state index in [1.807, 2.05) is 6.92 Å². The Labute approximate surface area is 175 Å². The number of guanidine groups is 1. The van der Waals surface area contributed by atoms with Gasteiger partial charge in [-0.3, -0.25) is 0 Å². The Bertz CT molecular complexity index is 768. The highest BCUT2D eigenvalue weighted by Gasteiger charge is 2.33. The second-order valence-electron chi connectivity index (χ2n) is 5.17. The van der Waals surface area contributed by atoms with E-state index >= 15 is 0 Å². The first kappa shape index (κ1) is 23.3. The Hall–Kier alpha value is -1.76. The summed E-state index contributed by atoms with van der Waals surface area (Å²) in [7, 11) is 1.52. The lowest BCUT2D eigenvalue weighted by atomic mass is 10.2. The summed E-state index contributed by atoms with van der Waals surface area (Å²) in [6.45, 7) is 2.72. The maximum Gasteiger partial charge on any atom is 0.434 e. The van der Waals surface area contributed by atoms with Crippen molar-refractivity contribution in [2.75, 3.05) is 13.7 Å². The van der Waals surface area contributed by atoms with Crippen LogP contribution in [0, 0.1) is 0 Å². The maximum absolute atomic E-state index is 12.6. The lowest BCUT2D eigenvalue weighted by molar-refractivity contribution is -0.140. The number of ether oxygens (including phenoxy) is 1. The first-order valence-corrected chi connectivity index (χ1v) is 8.61.